The quantitative estimate of drug-likeness (QED) is 0.825. The molecule has 17 heavy (non-hydrogen) atoms. The van der Waals surface area contributed by atoms with Gasteiger partial charge in [-0.3, -0.25) is 0 Å². The minimum atomic E-state index is 0.496. The average Bonchev–Trinajstić information content (AvgIpc) is 2.56. The van der Waals surface area contributed by atoms with Crippen molar-refractivity contribution in [1.29, 1.82) is 0 Å². The average molecular weight is 307 g/mol. The number of benzene rings is 1. The Hall–Kier alpha value is -0.160. The van der Waals surface area contributed by atoms with Gasteiger partial charge in [-0.25, -0.2) is 0 Å². The van der Waals surface area contributed by atoms with Gasteiger partial charge in [0, 0.05) is 11.8 Å². The van der Waals surface area contributed by atoms with Crippen molar-refractivity contribution < 1.29 is 0 Å². The maximum Gasteiger partial charge on any atom is 0.178 e. The molecule has 1 heterocycles. The topological polar surface area (TPSA) is 20.7 Å². The fourth-order valence-corrected chi connectivity index (χ4v) is 2.57. The molecule has 1 N–H and O–H groups in total. The van der Waals surface area contributed by atoms with Gasteiger partial charge in [0.05, 0.1) is 21.1 Å². The van der Waals surface area contributed by atoms with E-state index in [4.69, 9.17) is 35.4 Å². The number of H-pyrrole nitrogens is 1. The van der Waals surface area contributed by atoms with E-state index < -0.39 is 0 Å². The largest absolute Gasteiger partial charge is 0.331 e. The number of halogens is 2. The van der Waals surface area contributed by atoms with Crippen molar-refractivity contribution in [1.82, 2.24) is 9.55 Å². The first-order valence-electron chi connectivity index (χ1n) is 5.13. The van der Waals surface area contributed by atoms with Crippen molar-refractivity contribution in [2.24, 2.45) is 0 Å². The molecule has 2 nitrogen and oxygen atoms in total. The standard InChI is InChI=1S/C11H12Cl2N2S2/c1-6(17-2)5-15-10-4-8(13)7(12)3-9(10)14-11(15)16/h3-4,6H,5H2,1-2H3,(H,14,16). The summed E-state index contributed by atoms with van der Waals surface area (Å²) in [6.07, 6.45) is 2.09. The van der Waals surface area contributed by atoms with Crippen LogP contribution < -0.4 is 0 Å². The molecule has 0 aliphatic carbocycles. The lowest BCUT2D eigenvalue weighted by Gasteiger charge is -2.10. The lowest BCUT2D eigenvalue weighted by molar-refractivity contribution is 0.702. The predicted molar refractivity (Wildman–Crippen MR) is 80.1 cm³/mol. The zero-order valence-electron chi connectivity index (χ0n) is 9.46. The van der Waals surface area contributed by atoms with Crippen molar-refractivity contribution in [3.63, 3.8) is 0 Å². The van der Waals surface area contributed by atoms with Crippen LogP contribution >= 0.6 is 47.2 Å². The number of nitrogens with zero attached hydrogens (tertiary/aromatic N) is 1. The van der Waals surface area contributed by atoms with Crippen LogP contribution in [0.1, 0.15) is 6.92 Å². The molecule has 0 spiro atoms. The normalized spacial score (nSPS) is 13.2. The van der Waals surface area contributed by atoms with Gasteiger partial charge in [-0.15, -0.1) is 0 Å². The van der Waals surface area contributed by atoms with Crippen molar-refractivity contribution >= 4 is 58.2 Å². The summed E-state index contributed by atoms with van der Waals surface area (Å²) in [4.78, 5) is 3.15. The summed E-state index contributed by atoms with van der Waals surface area (Å²) in [5.74, 6) is 0. The van der Waals surface area contributed by atoms with Crippen LogP contribution in [0.25, 0.3) is 11.0 Å². The SMILES string of the molecule is CSC(C)Cn1c(=S)[nH]c2cc(Cl)c(Cl)cc21. The second-order valence-corrected chi connectivity index (χ2v) is 6.35. The number of thioether (sulfide) groups is 1. The minimum Gasteiger partial charge on any atom is -0.331 e. The van der Waals surface area contributed by atoms with Crippen LogP contribution in [0.3, 0.4) is 0 Å². The zero-order valence-corrected chi connectivity index (χ0v) is 12.6. The van der Waals surface area contributed by atoms with E-state index in [1.54, 1.807) is 0 Å². The molecule has 6 heteroatoms. The Morgan fingerprint density at radius 3 is 2.71 bits per heavy atom. The van der Waals surface area contributed by atoms with E-state index in [1.165, 1.54) is 0 Å². The molecule has 92 valence electrons. The van der Waals surface area contributed by atoms with Gasteiger partial charge < -0.3 is 9.55 Å². The number of imidazole rings is 1. The Morgan fingerprint density at radius 2 is 2.06 bits per heavy atom. The number of nitrogens with one attached hydrogen (secondary N) is 1. The third kappa shape index (κ3) is 2.65. The predicted octanol–water partition coefficient (Wildman–Crippen LogP) is 4.76. The summed E-state index contributed by atoms with van der Waals surface area (Å²) in [5, 5.41) is 1.59. The maximum atomic E-state index is 6.04. The van der Waals surface area contributed by atoms with E-state index in [2.05, 4.69) is 22.7 Å². The van der Waals surface area contributed by atoms with Crippen molar-refractivity contribution in [2.75, 3.05) is 6.26 Å². The van der Waals surface area contributed by atoms with Gasteiger partial charge >= 0.3 is 0 Å². The fraction of sp³-hybridized carbons (Fsp3) is 0.364. The van der Waals surface area contributed by atoms with Crippen LogP contribution in [0.15, 0.2) is 12.1 Å². The van der Waals surface area contributed by atoms with Crippen LogP contribution in [0.5, 0.6) is 0 Å². The minimum absolute atomic E-state index is 0.496. The van der Waals surface area contributed by atoms with Gasteiger partial charge in [0.25, 0.3) is 0 Å². The molecule has 0 fully saturated rings. The molecule has 0 aliphatic heterocycles. The monoisotopic (exact) mass is 306 g/mol. The van der Waals surface area contributed by atoms with Gasteiger partial charge in [-0.05, 0) is 30.6 Å². The summed E-state index contributed by atoms with van der Waals surface area (Å²) in [5.41, 5.74) is 1.93. The van der Waals surface area contributed by atoms with Crippen LogP contribution in [0, 0.1) is 4.77 Å². The summed E-state index contributed by atoms with van der Waals surface area (Å²) >= 11 is 19.1. The summed E-state index contributed by atoms with van der Waals surface area (Å²) < 4.78 is 2.77. The van der Waals surface area contributed by atoms with Gasteiger partial charge in [-0.1, -0.05) is 30.1 Å². The van der Waals surface area contributed by atoms with Crippen LogP contribution in [0.2, 0.25) is 10.0 Å². The van der Waals surface area contributed by atoms with E-state index in [0.717, 1.165) is 17.6 Å². The third-order valence-corrected chi connectivity index (χ3v) is 4.66. The van der Waals surface area contributed by atoms with Gasteiger partial charge in [0.2, 0.25) is 0 Å². The fourth-order valence-electron chi connectivity index (χ4n) is 1.66. The molecule has 0 aliphatic rings. The highest BCUT2D eigenvalue weighted by molar-refractivity contribution is 7.99. The lowest BCUT2D eigenvalue weighted by atomic mass is 10.3. The second-order valence-electron chi connectivity index (χ2n) is 3.87. The first kappa shape index (κ1) is 13.3. The molecule has 2 aromatic rings. The molecule has 0 bridgehead atoms. The highest BCUT2D eigenvalue weighted by Crippen LogP contribution is 2.28. The van der Waals surface area contributed by atoms with Gasteiger partial charge in [0.15, 0.2) is 4.77 Å². The number of fused-ring (bicyclic) bond motifs is 1. The highest BCUT2D eigenvalue weighted by atomic mass is 35.5. The molecule has 1 atom stereocenters. The lowest BCUT2D eigenvalue weighted by Crippen LogP contribution is -2.08. The zero-order chi connectivity index (χ0) is 12.6. The molecular weight excluding hydrogens is 295 g/mol. The van der Waals surface area contributed by atoms with Crippen molar-refractivity contribution in [2.45, 2.75) is 18.7 Å². The molecule has 0 radical (unpaired) electrons. The van der Waals surface area contributed by atoms with Crippen LogP contribution in [-0.2, 0) is 6.54 Å². The Balaban J connectivity index is 2.58. The molecule has 1 unspecified atom stereocenters. The molecule has 1 aromatic carbocycles. The van der Waals surface area contributed by atoms with Crippen molar-refractivity contribution in [3.05, 3.63) is 26.9 Å². The Labute approximate surface area is 119 Å². The Bertz CT molecular complexity index is 603. The number of aromatic amines is 1. The Morgan fingerprint density at radius 1 is 1.41 bits per heavy atom. The maximum absolute atomic E-state index is 6.04. The van der Waals surface area contributed by atoms with Crippen LogP contribution in [0.4, 0.5) is 0 Å². The summed E-state index contributed by atoms with van der Waals surface area (Å²) in [6, 6.07) is 3.67. The molecular formula is C11H12Cl2N2S2. The first-order valence-corrected chi connectivity index (χ1v) is 7.58. The molecule has 0 saturated carbocycles. The second kappa shape index (κ2) is 5.22. The summed E-state index contributed by atoms with van der Waals surface area (Å²) in [6.45, 7) is 3.03. The Kier molecular flexibility index (Phi) is 4.08. The van der Waals surface area contributed by atoms with E-state index in [1.807, 2.05) is 23.9 Å². The molecule has 2 rings (SSSR count). The van der Waals surface area contributed by atoms with E-state index in [9.17, 15) is 0 Å². The number of rotatable bonds is 3. The van der Waals surface area contributed by atoms with Gasteiger partial charge in [-0.2, -0.15) is 11.8 Å². The molecule has 0 amide bonds. The van der Waals surface area contributed by atoms with Crippen LogP contribution in [-0.4, -0.2) is 21.1 Å². The smallest absolute Gasteiger partial charge is 0.178 e. The highest BCUT2D eigenvalue weighted by Gasteiger charge is 2.10. The van der Waals surface area contributed by atoms with E-state index in [-0.39, 0.29) is 0 Å². The number of hydrogen-bond donors (Lipinski definition) is 1. The first-order chi connectivity index (χ1) is 8.02. The number of hydrogen-bond acceptors (Lipinski definition) is 2. The summed E-state index contributed by atoms with van der Waals surface area (Å²) in [7, 11) is 0. The van der Waals surface area contributed by atoms with Crippen molar-refractivity contribution in [3.8, 4) is 0 Å². The number of aromatic nitrogens is 2. The molecule has 0 saturated heterocycles. The molecule has 1 aromatic heterocycles. The van der Waals surface area contributed by atoms with Gasteiger partial charge in [0.1, 0.15) is 0 Å². The van der Waals surface area contributed by atoms with E-state index >= 15 is 0 Å². The third-order valence-electron chi connectivity index (χ3n) is 2.66. The van der Waals surface area contributed by atoms with E-state index in [0.29, 0.717) is 20.1 Å².